The van der Waals surface area contributed by atoms with Crippen molar-refractivity contribution in [2.75, 3.05) is 11.2 Å². The van der Waals surface area contributed by atoms with Crippen LogP contribution in [0.2, 0.25) is 0 Å². The molecule has 1 saturated carbocycles. The first-order valence-electron chi connectivity index (χ1n) is 6.55. The number of nitrogens with one attached hydrogen (secondary N) is 1. The van der Waals surface area contributed by atoms with E-state index >= 15 is 0 Å². The van der Waals surface area contributed by atoms with Crippen molar-refractivity contribution in [2.45, 2.75) is 25.3 Å². The van der Waals surface area contributed by atoms with Crippen LogP contribution >= 0.6 is 11.6 Å². The smallest absolute Gasteiger partial charge is 0.126 e. The number of pyridine rings is 1. The number of hydrogen-bond acceptors (Lipinski definition) is 2. The van der Waals surface area contributed by atoms with Crippen molar-refractivity contribution < 1.29 is 0 Å². The Balaban J connectivity index is 1.82. The lowest BCUT2D eigenvalue weighted by atomic mass is 10.1. The molecule has 0 saturated heterocycles. The van der Waals surface area contributed by atoms with Gasteiger partial charge < -0.3 is 5.32 Å². The molecule has 18 heavy (non-hydrogen) atoms. The van der Waals surface area contributed by atoms with Gasteiger partial charge in [-0.2, -0.15) is 0 Å². The van der Waals surface area contributed by atoms with E-state index in [1.54, 1.807) is 0 Å². The van der Waals surface area contributed by atoms with Gasteiger partial charge in [0, 0.05) is 17.3 Å². The van der Waals surface area contributed by atoms with Crippen molar-refractivity contribution in [3.8, 4) is 0 Å². The number of benzene rings is 1. The van der Waals surface area contributed by atoms with Gasteiger partial charge in [0.1, 0.15) is 5.82 Å². The molecule has 0 amide bonds. The van der Waals surface area contributed by atoms with E-state index in [9.17, 15) is 0 Å². The summed E-state index contributed by atoms with van der Waals surface area (Å²) in [5, 5.41) is 4.72. The summed E-state index contributed by atoms with van der Waals surface area (Å²) in [5.74, 6) is 2.29. The second-order valence-electron chi connectivity index (χ2n) is 4.99. The van der Waals surface area contributed by atoms with E-state index in [0.717, 1.165) is 17.2 Å². The van der Waals surface area contributed by atoms with Crippen molar-refractivity contribution in [3.05, 3.63) is 36.4 Å². The zero-order valence-corrected chi connectivity index (χ0v) is 11.0. The molecule has 0 bridgehead atoms. The van der Waals surface area contributed by atoms with Gasteiger partial charge in [0.05, 0.1) is 5.52 Å². The molecule has 3 heteroatoms. The average Bonchev–Trinajstić information content (AvgIpc) is 2.86. The van der Waals surface area contributed by atoms with Gasteiger partial charge in [0.25, 0.3) is 0 Å². The van der Waals surface area contributed by atoms with Crippen molar-refractivity contribution in [1.82, 2.24) is 4.98 Å². The van der Waals surface area contributed by atoms with Crippen molar-refractivity contribution in [1.29, 1.82) is 0 Å². The maximum atomic E-state index is 6.00. The molecule has 1 N–H and O–H groups in total. The number of nitrogens with zero attached hydrogens (tertiary/aromatic N) is 1. The molecule has 1 heterocycles. The van der Waals surface area contributed by atoms with E-state index in [2.05, 4.69) is 28.5 Å². The van der Waals surface area contributed by atoms with E-state index in [1.165, 1.54) is 24.6 Å². The second kappa shape index (κ2) is 5.15. The Labute approximate surface area is 112 Å². The number of hydrogen-bond donors (Lipinski definition) is 1. The van der Waals surface area contributed by atoms with Gasteiger partial charge in [-0.25, -0.2) is 4.98 Å². The van der Waals surface area contributed by atoms with E-state index in [4.69, 9.17) is 11.6 Å². The molecule has 2 atom stereocenters. The molecule has 1 aliphatic carbocycles. The Bertz CT molecular complexity index is 541. The fraction of sp³-hybridized carbons (Fsp3) is 0.400. The zero-order valence-electron chi connectivity index (χ0n) is 10.3. The predicted molar refractivity (Wildman–Crippen MR) is 77.2 cm³/mol. The molecule has 94 valence electrons. The molecule has 2 nitrogen and oxygen atoms in total. The van der Waals surface area contributed by atoms with Crippen LogP contribution in [0.4, 0.5) is 5.82 Å². The Morgan fingerprint density at radius 3 is 2.94 bits per heavy atom. The third-order valence-corrected chi connectivity index (χ3v) is 4.19. The second-order valence-corrected chi connectivity index (χ2v) is 5.29. The molecular weight excluding hydrogens is 244 g/mol. The van der Waals surface area contributed by atoms with Crippen molar-refractivity contribution >= 4 is 28.3 Å². The number of anilines is 1. The molecule has 0 radical (unpaired) electrons. The lowest BCUT2D eigenvalue weighted by Gasteiger charge is -2.19. The third kappa shape index (κ3) is 2.30. The SMILES string of the molecule is ClCC1CCCC1Nc1ccc2ccccc2n1. The van der Waals surface area contributed by atoms with Gasteiger partial charge in [0.15, 0.2) is 0 Å². The van der Waals surface area contributed by atoms with Gasteiger partial charge in [-0.05, 0) is 37.0 Å². The molecule has 1 fully saturated rings. The quantitative estimate of drug-likeness (QED) is 0.842. The zero-order chi connectivity index (χ0) is 12.4. The molecule has 2 aromatic rings. The lowest BCUT2D eigenvalue weighted by Crippen LogP contribution is -2.25. The van der Waals surface area contributed by atoms with Gasteiger partial charge in [-0.1, -0.05) is 24.6 Å². The van der Waals surface area contributed by atoms with E-state index < -0.39 is 0 Å². The first-order valence-corrected chi connectivity index (χ1v) is 7.08. The van der Waals surface area contributed by atoms with Crippen LogP contribution in [0.5, 0.6) is 0 Å². The monoisotopic (exact) mass is 260 g/mol. The van der Waals surface area contributed by atoms with E-state index in [1.807, 2.05) is 18.2 Å². The topological polar surface area (TPSA) is 24.9 Å². The van der Waals surface area contributed by atoms with Crippen LogP contribution in [-0.2, 0) is 0 Å². The molecule has 2 unspecified atom stereocenters. The molecular formula is C15H17ClN2. The Hall–Kier alpha value is -1.28. The van der Waals surface area contributed by atoms with Crippen LogP contribution in [0.25, 0.3) is 10.9 Å². The van der Waals surface area contributed by atoms with E-state index in [0.29, 0.717) is 12.0 Å². The van der Waals surface area contributed by atoms with Crippen LogP contribution in [0, 0.1) is 5.92 Å². The summed E-state index contributed by atoms with van der Waals surface area (Å²) in [6.07, 6.45) is 3.70. The van der Waals surface area contributed by atoms with Crippen molar-refractivity contribution in [2.24, 2.45) is 5.92 Å². The summed E-state index contributed by atoms with van der Waals surface area (Å²) in [7, 11) is 0. The summed E-state index contributed by atoms with van der Waals surface area (Å²) < 4.78 is 0. The highest BCUT2D eigenvalue weighted by atomic mass is 35.5. The minimum Gasteiger partial charge on any atom is -0.367 e. The molecule has 1 aromatic heterocycles. The molecule has 1 aromatic carbocycles. The van der Waals surface area contributed by atoms with Gasteiger partial charge >= 0.3 is 0 Å². The molecule has 0 aliphatic heterocycles. The molecule has 0 spiro atoms. The standard InChI is InChI=1S/C15H17ClN2/c16-10-12-5-3-7-14(12)18-15-9-8-11-4-1-2-6-13(11)17-15/h1-2,4,6,8-9,12,14H,3,5,7,10H2,(H,17,18). The Morgan fingerprint density at radius 1 is 1.17 bits per heavy atom. The van der Waals surface area contributed by atoms with E-state index in [-0.39, 0.29) is 0 Å². The van der Waals surface area contributed by atoms with Gasteiger partial charge in [-0.3, -0.25) is 0 Å². The summed E-state index contributed by atoms with van der Waals surface area (Å²) in [5.41, 5.74) is 1.04. The lowest BCUT2D eigenvalue weighted by molar-refractivity contribution is 0.561. The Kier molecular flexibility index (Phi) is 3.37. The summed E-state index contributed by atoms with van der Waals surface area (Å²) in [6.45, 7) is 0. The minimum absolute atomic E-state index is 0.483. The van der Waals surface area contributed by atoms with Crippen molar-refractivity contribution in [3.63, 3.8) is 0 Å². The fourth-order valence-corrected chi connectivity index (χ4v) is 3.12. The summed E-state index contributed by atoms with van der Waals surface area (Å²) in [4.78, 5) is 4.65. The maximum absolute atomic E-state index is 6.00. The number of fused-ring (bicyclic) bond motifs is 1. The highest BCUT2D eigenvalue weighted by molar-refractivity contribution is 6.18. The highest BCUT2D eigenvalue weighted by Crippen LogP contribution is 2.29. The highest BCUT2D eigenvalue weighted by Gasteiger charge is 2.26. The predicted octanol–water partition coefficient (Wildman–Crippen LogP) is 4.05. The minimum atomic E-state index is 0.483. The number of halogens is 1. The summed E-state index contributed by atoms with van der Waals surface area (Å²) in [6, 6.07) is 12.9. The summed E-state index contributed by atoms with van der Waals surface area (Å²) >= 11 is 6.00. The molecule has 3 rings (SSSR count). The van der Waals surface area contributed by atoms with Crippen LogP contribution in [0.15, 0.2) is 36.4 Å². The first kappa shape index (κ1) is 11.8. The number of alkyl halides is 1. The number of para-hydroxylation sites is 1. The largest absolute Gasteiger partial charge is 0.367 e. The van der Waals surface area contributed by atoms with Crippen LogP contribution < -0.4 is 5.32 Å². The number of aromatic nitrogens is 1. The normalized spacial score (nSPS) is 23.4. The first-order chi connectivity index (χ1) is 8.86. The van der Waals surface area contributed by atoms with Crippen LogP contribution in [0.1, 0.15) is 19.3 Å². The van der Waals surface area contributed by atoms with Gasteiger partial charge in [-0.15, -0.1) is 11.6 Å². The Morgan fingerprint density at radius 2 is 2.06 bits per heavy atom. The number of rotatable bonds is 3. The van der Waals surface area contributed by atoms with Crippen LogP contribution in [0.3, 0.4) is 0 Å². The third-order valence-electron chi connectivity index (χ3n) is 3.79. The van der Waals surface area contributed by atoms with Gasteiger partial charge in [0.2, 0.25) is 0 Å². The maximum Gasteiger partial charge on any atom is 0.126 e. The molecule has 1 aliphatic rings. The fourth-order valence-electron chi connectivity index (χ4n) is 2.75. The average molecular weight is 261 g/mol. The van der Waals surface area contributed by atoms with Crippen LogP contribution in [-0.4, -0.2) is 16.9 Å².